The summed E-state index contributed by atoms with van der Waals surface area (Å²) in [6, 6.07) is 16.7. The van der Waals surface area contributed by atoms with E-state index in [0.29, 0.717) is 19.2 Å². The Morgan fingerprint density at radius 3 is 2.92 bits per heavy atom. The van der Waals surface area contributed by atoms with Crippen LogP contribution in [0.3, 0.4) is 0 Å². The van der Waals surface area contributed by atoms with Crippen molar-refractivity contribution in [3.63, 3.8) is 0 Å². The molecule has 2 aromatic rings. The number of carbonyl (C=O) groups is 1. The number of rotatable bonds is 3. The monoisotopic (exact) mass is 322 g/mol. The van der Waals surface area contributed by atoms with Gasteiger partial charge < -0.3 is 15.0 Å². The normalized spacial score (nSPS) is 21.6. The molecule has 0 saturated carbocycles. The zero-order chi connectivity index (χ0) is 16.5. The molecule has 0 saturated heterocycles. The summed E-state index contributed by atoms with van der Waals surface area (Å²) in [4.78, 5) is 14.8. The molecular formula is C20H22N2O2. The Bertz CT molecular complexity index is 759. The molecule has 2 heterocycles. The van der Waals surface area contributed by atoms with E-state index >= 15 is 0 Å². The predicted molar refractivity (Wildman–Crippen MR) is 94.4 cm³/mol. The number of fused-ring (bicyclic) bond motifs is 2. The number of hydrogen-bond acceptors (Lipinski definition) is 3. The zero-order valence-corrected chi connectivity index (χ0v) is 13.9. The number of nitrogens with zero attached hydrogens (tertiary/aromatic N) is 1. The molecule has 2 atom stereocenters. The highest BCUT2D eigenvalue weighted by molar-refractivity contribution is 5.83. The van der Waals surface area contributed by atoms with Gasteiger partial charge >= 0.3 is 0 Å². The van der Waals surface area contributed by atoms with Crippen LogP contribution in [-0.2, 0) is 11.2 Å². The first-order valence-corrected chi connectivity index (χ1v) is 8.58. The van der Waals surface area contributed by atoms with Gasteiger partial charge in [-0.25, -0.2) is 0 Å². The van der Waals surface area contributed by atoms with Gasteiger partial charge in [-0.3, -0.25) is 4.79 Å². The number of carbonyl (C=O) groups excluding carboxylic acids is 1. The van der Waals surface area contributed by atoms with Gasteiger partial charge in [0.15, 0.2) is 0 Å². The van der Waals surface area contributed by atoms with Crippen molar-refractivity contribution in [2.24, 2.45) is 0 Å². The molecule has 0 radical (unpaired) electrons. The molecule has 0 spiro atoms. The second-order valence-electron chi connectivity index (χ2n) is 6.60. The average molecular weight is 322 g/mol. The molecule has 2 aliphatic rings. The Kier molecular flexibility index (Phi) is 3.89. The van der Waals surface area contributed by atoms with Gasteiger partial charge in [0.25, 0.3) is 0 Å². The Labute approximate surface area is 142 Å². The zero-order valence-electron chi connectivity index (χ0n) is 13.9. The molecule has 0 aliphatic carbocycles. The van der Waals surface area contributed by atoms with Crippen molar-refractivity contribution in [3.05, 3.63) is 59.7 Å². The smallest absolute Gasteiger partial charge is 0.240 e. The molecule has 24 heavy (non-hydrogen) atoms. The van der Waals surface area contributed by atoms with E-state index in [0.717, 1.165) is 24.2 Å². The highest BCUT2D eigenvalue weighted by Crippen LogP contribution is 2.33. The van der Waals surface area contributed by atoms with Gasteiger partial charge in [0.2, 0.25) is 5.91 Å². The molecule has 0 aromatic heterocycles. The van der Waals surface area contributed by atoms with E-state index in [-0.39, 0.29) is 11.9 Å². The summed E-state index contributed by atoms with van der Waals surface area (Å²) >= 11 is 0. The number of ether oxygens (including phenoxy) is 1. The van der Waals surface area contributed by atoms with Gasteiger partial charge in [-0.15, -0.1) is 0 Å². The van der Waals surface area contributed by atoms with Crippen molar-refractivity contribution in [2.45, 2.75) is 31.8 Å². The van der Waals surface area contributed by atoms with Gasteiger partial charge in [-0.2, -0.15) is 0 Å². The van der Waals surface area contributed by atoms with E-state index < -0.39 is 0 Å². The standard InChI is InChI=1S/C20H22N2O2/c1-14-12-15-6-2-4-8-18(15)22(14)13-20(23)21-17-10-11-24-19-9-5-3-7-16(17)19/h2-9,14,17H,10-13H2,1H3,(H,21,23). The fourth-order valence-corrected chi connectivity index (χ4v) is 3.76. The van der Waals surface area contributed by atoms with Crippen LogP contribution >= 0.6 is 0 Å². The summed E-state index contributed by atoms with van der Waals surface area (Å²) in [5, 5.41) is 3.19. The summed E-state index contributed by atoms with van der Waals surface area (Å²) < 4.78 is 5.67. The molecule has 2 aromatic carbocycles. The predicted octanol–water partition coefficient (Wildman–Crippen LogP) is 3.08. The molecule has 2 unspecified atom stereocenters. The fraction of sp³-hybridized carbons (Fsp3) is 0.350. The van der Waals surface area contributed by atoms with E-state index in [2.05, 4.69) is 35.3 Å². The highest BCUT2D eigenvalue weighted by Gasteiger charge is 2.28. The van der Waals surface area contributed by atoms with Crippen molar-refractivity contribution in [2.75, 3.05) is 18.1 Å². The van der Waals surface area contributed by atoms with E-state index in [4.69, 9.17) is 4.74 Å². The SMILES string of the molecule is CC1Cc2ccccc2N1CC(=O)NC1CCOc2ccccc21. The molecule has 4 heteroatoms. The summed E-state index contributed by atoms with van der Waals surface area (Å²) in [6.45, 7) is 3.22. The van der Waals surface area contributed by atoms with E-state index in [1.807, 2.05) is 30.3 Å². The summed E-state index contributed by atoms with van der Waals surface area (Å²) in [6.07, 6.45) is 1.82. The molecule has 0 fully saturated rings. The Morgan fingerprint density at radius 2 is 2.00 bits per heavy atom. The molecule has 4 nitrogen and oxygen atoms in total. The van der Waals surface area contributed by atoms with Crippen LogP contribution in [0.25, 0.3) is 0 Å². The lowest BCUT2D eigenvalue weighted by Gasteiger charge is -2.29. The van der Waals surface area contributed by atoms with Crippen LogP contribution in [0.5, 0.6) is 5.75 Å². The third kappa shape index (κ3) is 2.73. The minimum atomic E-state index is 0.0376. The molecular weight excluding hydrogens is 300 g/mol. The Balaban J connectivity index is 1.47. The van der Waals surface area contributed by atoms with Crippen LogP contribution in [0.2, 0.25) is 0 Å². The maximum atomic E-state index is 12.6. The largest absolute Gasteiger partial charge is 0.493 e. The van der Waals surface area contributed by atoms with Crippen molar-refractivity contribution < 1.29 is 9.53 Å². The lowest BCUT2D eigenvalue weighted by molar-refractivity contribution is -0.120. The molecule has 1 amide bonds. The van der Waals surface area contributed by atoms with Crippen molar-refractivity contribution >= 4 is 11.6 Å². The van der Waals surface area contributed by atoms with E-state index in [1.165, 1.54) is 11.3 Å². The quantitative estimate of drug-likeness (QED) is 0.944. The van der Waals surface area contributed by atoms with E-state index in [9.17, 15) is 4.79 Å². The van der Waals surface area contributed by atoms with Crippen LogP contribution in [0.1, 0.15) is 30.5 Å². The van der Waals surface area contributed by atoms with Crippen LogP contribution in [-0.4, -0.2) is 25.1 Å². The van der Waals surface area contributed by atoms with Crippen molar-refractivity contribution in [3.8, 4) is 5.75 Å². The molecule has 2 aliphatic heterocycles. The minimum absolute atomic E-state index is 0.0376. The Hall–Kier alpha value is -2.49. The van der Waals surface area contributed by atoms with Crippen molar-refractivity contribution in [1.29, 1.82) is 0 Å². The van der Waals surface area contributed by atoms with Crippen LogP contribution < -0.4 is 15.0 Å². The summed E-state index contributed by atoms with van der Waals surface area (Å²) in [5.74, 6) is 0.953. The molecule has 1 N–H and O–H groups in total. The molecule has 4 rings (SSSR count). The number of nitrogens with one attached hydrogen (secondary N) is 1. The number of para-hydroxylation sites is 2. The number of hydrogen-bond donors (Lipinski definition) is 1. The molecule has 124 valence electrons. The van der Waals surface area contributed by atoms with E-state index in [1.54, 1.807) is 0 Å². The lowest BCUT2D eigenvalue weighted by Crippen LogP contribution is -2.42. The number of anilines is 1. The van der Waals surface area contributed by atoms with Gasteiger partial charge in [0.1, 0.15) is 5.75 Å². The highest BCUT2D eigenvalue weighted by atomic mass is 16.5. The van der Waals surface area contributed by atoms with Crippen LogP contribution in [0, 0.1) is 0 Å². The van der Waals surface area contributed by atoms with Crippen LogP contribution in [0.4, 0.5) is 5.69 Å². The number of amides is 1. The lowest BCUT2D eigenvalue weighted by atomic mass is 10.0. The summed E-state index contributed by atoms with van der Waals surface area (Å²) in [7, 11) is 0. The van der Waals surface area contributed by atoms with Crippen LogP contribution in [0.15, 0.2) is 48.5 Å². The second kappa shape index (κ2) is 6.19. The topological polar surface area (TPSA) is 41.6 Å². The fourth-order valence-electron chi connectivity index (χ4n) is 3.76. The Morgan fingerprint density at radius 1 is 1.21 bits per heavy atom. The maximum Gasteiger partial charge on any atom is 0.240 e. The molecule has 0 bridgehead atoms. The van der Waals surface area contributed by atoms with Gasteiger partial charge in [0.05, 0.1) is 19.2 Å². The summed E-state index contributed by atoms with van der Waals surface area (Å²) in [5.41, 5.74) is 3.59. The van der Waals surface area contributed by atoms with Gasteiger partial charge in [-0.1, -0.05) is 36.4 Å². The third-order valence-electron chi connectivity index (χ3n) is 4.96. The number of benzene rings is 2. The first kappa shape index (κ1) is 15.1. The van der Waals surface area contributed by atoms with Gasteiger partial charge in [0, 0.05) is 23.7 Å². The average Bonchev–Trinajstić information content (AvgIpc) is 2.91. The first-order valence-electron chi connectivity index (χ1n) is 8.58. The third-order valence-corrected chi connectivity index (χ3v) is 4.96. The van der Waals surface area contributed by atoms with Crippen molar-refractivity contribution in [1.82, 2.24) is 5.32 Å². The van der Waals surface area contributed by atoms with Gasteiger partial charge in [-0.05, 0) is 31.0 Å². The maximum absolute atomic E-state index is 12.6. The first-order chi connectivity index (χ1) is 11.7. The second-order valence-corrected chi connectivity index (χ2v) is 6.60. The minimum Gasteiger partial charge on any atom is -0.493 e.